The van der Waals surface area contributed by atoms with Gasteiger partial charge in [-0.25, -0.2) is 0 Å². The number of nitrogens with zero attached hydrogens (tertiary/aromatic N) is 1. The third-order valence-corrected chi connectivity index (χ3v) is 2.66. The molecule has 4 heteroatoms. The highest BCUT2D eigenvalue weighted by Crippen LogP contribution is 2.18. The zero-order valence-electron chi connectivity index (χ0n) is 9.50. The van der Waals surface area contributed by atoms with Gasteiger partial charge in [0.2, 0.25) is 0 Å². The third kappa shape index (κ3) is 2.54. The van der Waals surface area contributed by atoms with Crippen LogP contribution in [0.3, 0.4) is 0 Å². The molecule has 0 amide bonds. The molecule has 1 aromatic carbocycles. The van der Waals surface area contributed by atoms with E-state index >= 15 is 0 Å². The number of aliphatic hydroxyl groups is 1. The summed E-state index contributed by atoms with van der Waals surface area (Å²) in [5, 5.41) is 9.65. The van der Waals surface area contributed by atoms with Crippen molar-refractivity contribution in [1.29, 1.82) is 0 Å². The molecule has 0 fully saturated rings. The Kier molecular flexibility index (Phi) is 3.90. The normalized spacial score (nSPS) is 10.9. The van der Waals surface area contributed by atoms with Gasteiger partial charge in [-0.3, -0.25) is 4.79 Å². The molecule has 0 radical (unpaired) electrons. The largest absolute Gasteiger partial charge is 0.394 e. The Balaban J connectivity index is 2.19. The molecule has 90 valence electrons. The van der Waals surface area contributed by atoms with E-state index in [1.54, 1.807) is 6.07 Å². The van der Waals surface area contributed by atoms with Crippen LogP contribution < -0.4 is 0 Å². The Hall–Kier alpha value is -1.65. The second kappa shape index (κ2) is 5.61. The molecule has 0 atom stereocenters. The number of ether oxygens (including phenoxy) is 1. The van der Waals surface area contributed by atoms with E-state index in [0.29, 0.717) is 25.3 Å². The van der Waals surface area contributed by atoms with Crippen molar-refractivity contribution in [1.82, 2.24) is 4.57 Å². The third-order valence-electron chi connectivity index (χ3n) is 2.66. The Morgan fingerprint density at radius 3 is 2.94 bits per heavy atom. The maximum Gasteiger partial charge on any atom is 0.152 e. The average Bonchev–Trinajstić information content (AvgIpc) is 2.78. The molecule has 0 saturated heterocycles. The first-order chi connectivity index (χ1) is 8.36. The van der Waals surface area contributed by atoms with Gasteiger partial charge in [0.15, 0.2) is 6.29 Å². The Bertz CT molecular complexity index is 504. The van der Waals surface area contributed by atoms with Crippen molar-refractivity contribution < 1.29 is 14.6 Å². The van der Waals surface area contributed by atoms with Crippen LogP contribution in [0.5, 0.6) is 0 Å². The maximum absolute atomic E-state index is 11.0. The summed E-state index contributed by atoms with van der Waals surface area (Å²) in [7, 11) is 0. The van der Waals surface area contributed by atoms with Gasteiger partial charge in [-0.2, -0.15) is 0 Å². The summed E-state index contributed by atoms with van der Waals surface area (Å²) in [6.07, 6.45) is 2.81. The molecule has 0 aliphatic heterocycles. The zero-order valence-corrected chi connectivity index (χ0v) is 9.50. The minimum Gasteiger partial charge on any atom is -0.394 e. The number of benzene rings is 1. The van der Waals surface area contributed by atoms with Crippen LogP contribution in [0, 0.1) is 0 Å². The van der Waals surface area contributed by atoms with Crippen molar-refractivity contribution >= 4 is 17.2 Å². The molecule has 17 heavy (non-hydrogen) atoms. The molecular weight excluding hydrogens is 218 g/mol. The van der Waals surface area contributed by atoms with Crippen LogP contribution in [0.2, 0.25) is 0 Å². The van der Waals surface area contributed by atoms with E-state index in [1.165, 1.54) is 0 Å². The number of carbonyl (C=O) groups is 1. The summed E-state index contributed by atoms with van der Waals surface area (Å²) in [4.78, 5) is 11.0. The predicted octanol–water partition coefficient (Wildman–Crippen LogP) is 1.46. The van der Waals surface area contributed by atoms with E-state index in [1.807, 2.05) is 29.0 Å². The number of aromatic nitrogens is 1. The standard InChI is InChI=1S/C13H15NO3/c15-7-9-17-8-6-14-5-4-11-2-1-3-12(10-16)13(11)14/h1-5,10,15H,6-9H2. The van der Waals surface area contributed by atoms with E-state index in [2.05, 4.69) is 0 Å². The smallest absolute Gasteiger partial charge is 0.152 e. The number of aldehydes is 1. The second-order valence-electron chi connectivity index (χ2n) is 3.75. The maximum atomic E-state index is 11.0. The molecule has 0 spiro atoms. The van der Waals surface area contributed by atoms with Crippen molar-refractivity contribution in [3.63, 3.8) is 0 Å². The van der Waals surface area contributed by atoms with Crippen molar-refractivity contribution in [2.45, 2.75) is 6.54 Å². The molecule has 2 aromatic rings. The van der Waals surface area contributed by atoms with Crippen LogP contribution in [0.4, 0.5) is 0 Å². The molecule has 1 N–H and O–H groups in total. The lowest BCUT2D eigenvalue weighted by atomic mass is 10.1. The van der Waals surface area contributed by atoms with Crippen molar-refractivity contribution in [2.24, 2.45) is 0 Å². The summed E-state index contributed by atoms with van der Waals surface area (Å²) in [5.41, 5.74) is 1.63. The second-order valence-corrected chi connectivity index (χ2v) is 3.75. The minimum atomic E-state index is 0.0337. The van der Waals surface area contributed by atoms with Gasteiger partial charge in [0.1, 0.15) is 0 Å². The number of aliphatic hydroxyl groups excluding tert-OH is 1. The topological polar surface area (TPSA) is 51.5 Å². The van der Waals surface area contributed by atoms with E-state index in [-0.39, 0.29) is 6.61 Å². The Morgan fingerprint density at radius 1 is 1.29 bits per heavy atom. The Morgan fingerprint density at radius 2 is 2.18 bits per heavy atom. The number of para-hydroxylation sites is 1. The molecular formula is C13H15NO3. The molecule has 0 aliphatic rings. The van der Waals surface area contributed by atoms with Gasteiger partial charge in [0.25, 0.3) is 0 Å². The summed E-state index contributed by atoms with van der Waals surface area (Å²) in [6, 6.07) is 7.64. The summed E-state index contributed by atoms with van der Waals surface area (Å²) >= 11 is 0. The van der Waals surface area contributed by atoms with Crippen LogP contribution in [0.25, 0.3) is 10.9 Å². The number of fused-ring (bicyclic) bond motifs is 1. The summed E-state index contributed by atoms with van der Waals surface area (Å²) in [6.45, 7) is 1.58. The van der Waals surface area contributed by atoms with Crippen LogP contribution >= 0.6 is 0 Å². The Labute approximate surface area is 99.4 Å². The number of carbonyl (C=O) groups excluding carboxylic acids is 1. The van der Waals surface area contributed by atoms with Gasteiger partial charge in [-0.1, -0.05) is 12.1 Å². The summed E-state index contributed by atoms with van der Waals surface area (Å²) < 4.78 is 7.22. The van der Waals surface area contributed by atoms with E-state index in [9.17, 15) is 4.79 Å². The quantitative estimate of drug-likeness (QED) is 0.607. The van der Waals surface area contributed by atoms with Crippen molar-refractivity contribution in [3.8, 4) is 0 Å². The van der Waals surface area contributed by atoms with Gasteiger partial charge < -0.3 is 14.4 Å². The van der Waals surface area contributed by atoms with Gasteiger partial charge in [0, 0.05) is 23.7 Å². The fourth-order valence-electron chi connectivity index (χ4n) is 1.90. The minimum absolute atomic E-state index is 0.0337. The van der Waals surface area contributed by atoms with Crippen LogP contribution in [0.1, 0.15) is 10.4 Å². The van der Waals surface area contributed by atoms with E-state index < -0.39 is 0 Å². The van der Waals surface area contributed by atoms with Gasteiger partial charge in [0.05, 0.1) is 25.3 Å². The fourth-order valence-corrected chi connectivity index (χ4v) is 1.90. The molecule has 0 aliphatic carbocycles. The van der Waals surface area contributed by atoms with Gasteiger partial charge in [-0.05, 0) is 12.1 Å². The molecule has 1 aromatic heterocycles. The molecule has 0 bridgehead atoms. The number of hydrogen-bond donors (Lipinski definition) is 1. The highest BCUT2D eigenvalue weighted by molar-refractivity contribution is 5.96. The predicted molar refractivity (Wildman–Crippen MR) is 65.2 cm³/mol. The molecule has 2 rings (SSSR count). The zero-order chi connectivity index (χ0) is 12.1. The first kappa shape index (κ1) is 11.8. The van der Waals surface area contributed by atoms with E-state index in [0.717, 1.165) is 17.2 Å². The van der Waals surface area contributed by atoms with Crippen molar-refractivity contribution in [2.75, 3.05) is 19.8 Å². The lowest BCUT2D eigenvalue weighted by Crippen LogP contribution is -2.08. The van der Waals surface area contributed by atoms with Crippen LogP contribution in [-0.4, -0.2) is 35.8 Å². The molecule has 1 heterocycles. The van der Waals surface area contributed by atoms with Gasteiger partial charge >= 0.3 is 0 Å². The number of rotatable bonds is 6. The van der Waals surface area contributed by atoms with Crippen molar-refractivity contribution in [3.05, 3.63) is 36.0 Å². The highest BCUT2D eigenvalue weighted by Gasteiger charge is 2.05. The first-order valence-corrected chi connectivity index (χ1v) is 5.58. The van der Waals surface area contributed by atoms with E-state index in [4.69, 9.17) is 9.84 Å². The highest BCUT2D eigenvalue weighted by atomic mass is 16.5. The van der Waals surface area contributed by atoms with Crippen LogP contribution in [0.15, 0.2) is 30.5 Å². The summed E-state index contributed by atoms with van der Waals surface area (Å²) in [5.74, 6) is 0. The van der Waals surface area contributed by atoms with Gasteiger partial charge in [-0.15, -0.1) is 0 Å². The SMILES string of the molecule is O=Cc1cccc2ccn(CCOCCO)c12. The lowest BCUT2D eigenvalue weighted by molar-refractivity contribution is 0.0875. The lowest BCUT2D eigenvalue weighted by Gasteiger charge is -2.07. The van der Waals surface area contributed by atoms with Crippen LogP contribution in [-0.2, 0) is 11.3 Å². The monoisotopic (exact) mass is 233 g/mol. The molecule has 0 saturated carbocycles. The molecule has 4 nitrogen and oxygen atoms in total. The average molecular weight is 233 g/mol. The molecule has 0 unspecified atom stereocenters. The fraction of sp³-hybridized carbons (Fsp3) is 0.308. The first-order valence-electron chi connectivity index (χ1n) is 5.58. The number of hydrogen-bond acceptors (Lipinski definition) is 3.